The number of nitrogens with one attached hydrogen (secondary N) is 1. The number of carbonyl (C=O) groups is 2. The molecule has 3 nitrogen and oxygen atoms in total. The largest absolute Gasteiger partial charge is 0.355 e. The molecule has 0 heterocycles. The highest BCUT2D eigenvalue weighted by Gasteiger charge is 2.25. The van der Waals surface area contributed by atoms with Crippen LogP contribution in [0.5, 0.6) is 0 Å². The van der Waals surface area contributed by atoms with Crippen LogP contribution in [0.4, 0.5) is 5.69 Å². The Balaban J connectivity index is 2.03. The molecule has 0 saturated heterocycles. The quantitative estimate of drug-likeness (QED) is 0.857. The summed E-state index contributed by atoms with van der Waals surface area (Å²) in [4.78, 5) is 23.6. The lowest BCUT2D eigenvalue weighted by molar-refractivity contribution is -0.111. The Morgan fingerprint density at radius 1 is 0.900 bits per heavy atom. The molecule has 0 saturated carbocycles. The van der Waals surface area contributed by atoms with Crippen LogP contribution in [-0.4, -0.2) is 11.6 Å². The smallest absolute Gasteiger partial charge is 0.233 e. The van der Waals surface area contributed by atoms with Gasteiger partial charge in [0.2, 0.25) is 11.6 Å². The van der Waals surface area contributed by atoms with Crippen molar-refractivity contribution in [2.24, 2.45) is 0 Å². The maximum Gasteiger partial charge on any atom is 0.233 e. The first-order valence-electron chi connectivity index (χ1n) is 6.07. The molecule has 0 aromatic heterocycles. The summed E-state index contributed by atoms with van der Waals surface area (Å²) in [7, 11) is 0. The summed E-state index contributed by atoms with van der Waals surface area (Å²) in [6, 6.07) is 14.2. The second kappa shape index (κ2) is 4.94. The summed E-state index contributed by atoms with van der Waals surface area (Å²) in [5, 5.41) is 3.73. The van der Waals surface area contributed by atoms with Crippen LogP contribution in [0.15, 0.2) is 54.6 Å². The SMILES string of the molecule is O=C1C=C(Nc2cccc(Cl)c2)c2ccccc2C1=O. The number of rotatable bonds is 2. The van der Waals surface area contributed by atoms with Crippen molar-refractivity contribution in [3.8, 4) is 0 Å². The third-order valence-corrected chi connectivity index (χ3v) is 3.30. The molecule has 20 heavy (non-hydrogen) atoms. The van der Waals surface area contributed by atoms with Crippen LogP contribution in [-0.2, 0) is 4.79 Å². The van der Waals surface area contributed by atoms with E-state index in [1.54, 1.807) is 24.3 Å². The first kappa shape index (κ1) is 12.6. The van der Waals surface area contributed by atoms with Crippen LogP contribution in [0.2, 0.25) is 5.02 Å². The molecule has 2 aromatic carbocycles. The number of hydrogen-bond donors (Lipinski definition) is 1. The third-order valence-electron chi connectivity index (χ3n) is 3.06. The number of carbonyl (C=O) groups excluding carboxylic acids is 2. The molecular weight excluding hydrogens is 274 g/mol. The number of fused-ring (bicyclic) bond motifs is 1. The average Bonchev–Trinajstić information content (AvgIpc) is 2.45. The van der Waals surface area contributed by atoms with Gasteiger partial charge in [-0.2, -0.15) is 0 Å². The Morgan fingerprint density at radius 3 is 2.40 bits per heavy atom. The maximum absolute atomic E-state index is 11.8. The predicted molar refractivity (Wildman–Crippen MR) is 78.8 cm³/mol. The first-order valence-corrected chi connectivity index (χ1v) is 6.45. The van der Waals surface area contributed by atoms with Crippen molar-refractivity contribution < 1.29 is 9.59 Å². The summed E-state index contributed by atoms with van der Waals surface area (Å²) in [6.07, 6.45) is 1.32. The minimum atomic E-state index is -0.520. The van der Waals surface area contributed by atoms with E-state index in [-0.39, 0.29) is 0 Å². The number of Topliss-reactive ketones (excluding diaryl/α,β-unsaturated/α-hetero) is 1. The van der Waals surface area contributed by atoms with E-state index < -0.39 is 11.6 Å². The molecule has 3 rings (SSSR count). The molecule has 1 N–H and O–H groups in total. The maximum atomic E-state index is 11.8. The Kier molecular flexibility index (Phi) is 3.12. The fraction of sp³-hybridized carbons (Fsp3) is 0. The highest BCUT2D eigenvalue weighted by atomic mass is 35.5. The zero-order chi connectivity index (χ0) is 14.1. The van der Waals surface area contributed by atoms with E-state index in [9.17, 15) is 9.59 Å². The van der Waals surface area contributed by atoms with Gasteiger partial charge in [0.15, 0.2) is 0 Å². The molecule has 0 fully saturated rings. The summed E-state index contributed by atoms with van der Waals surface area (Å²) in [6.45, 7) is 0. The number of allylic oxidation sites excluding steroid dienone is 1. The van der Waals surface area contributed by atoms with E-state index in [4.69, 9.17) is 11.6 Å². The van der Waals surface area contributed by atoms with Gasteiger partial charge in [0.05, 0.1) is 5.70 Å². The van der Waals surface area contributed by atoms with E-state index in [0.717, 1.165) is 11.3 Å². The molecule has 98 valence electrons. The van der Waals surface area contributed by atoms with Gasteiger partial charge in [-0.15, -0.1) is 0 Å². The molecule has 0 atom stereocenters. The summed E-state index contributed by atoms with van der Waals surface area (Å²) < 4.78 is 0. The lowest BCUT2D eigenvalue weighted by Gasteiger charge is -2.17. The van der Waals surface area contributed by atoms with Gasteiger partial charge in [-0.05, 0) is 18.2 Å². The molecule has 0 unspecified atom stereocenters. The van der Waals surface area contributed by atoms with Gasteiger partial charge in [0.1, 0.15) is 0 Å². The Labute approximate surface area is 120 Å². The fourth-order valence-corrected chi connectivity index (χ4v) is 2.34. The molecule has 0 bridgehead atoms. The minimum Gasteiger partial charge on any atom is -0.355 e. The zero-order valence-electron chi connectivity index (χ0n) is 10.4. The molecule has 2 aromatic rings. The second-order valence-electron chi connectivity index (χ2n) is 4.43. The van der Waals surface area contributed by atoms with Gasteiger partial charge in [0, 0.05) is 27.9 Å². The fourth-order valence-electron chi connectivity index (χ4n) is 2.15. The zero-order valence-corrected chi connectivity index (χ0v) is 11.1. The van der Waals surface area contributed by atoms with E-state index in [0.29, 0.717) is 16.3 Å². The van der Waals surface area contributed by atoms with Crippen molar-refractivity contribution in [1.82, 2.24) is 0 Å². The highest BCUT2D eigenvalue weighted by molar-refractivity contribution is 6.50. The van der Waals surface area contributed by atoms with Crippen molar-refractivity contribution in [2.75, 3.05) is 5.32 Å². The van der Waals surface area contributed by atoms with E-state index in [1.165, 1.54) is 6.08 Å². The normalized spacial score (nSPS) is 13.8. The van der Waals surface area contributed by atoms with Crippen molar-refractivity contribution in [3.05, 3.63) is 70.8 Å². The Hall–Kier alpha value is -2.39. The molecule has 4 heteroatoms. The van der Waals surface area contributed by atoms with E-state index >= 15 is 0 Å². The topological polar surface area (TPSA) is 46.2 Å². The molecule has 0 amide bonds. The van der Waals surface area contributed by atoms with Gasteiger partial charge in [-0.25, -0.2) is 0 Å². The number of hydrogen-bond acceptors (Lipinski definition) is 3. The number of ketones is 2. The van der Waals surface area contributed by atoms with Gasteiger partial charge < -0.3 is 5.32 Å². The van der Waals surface area contributed by atoms with Gasteiger partial charge in [0.25, 0.3) is 0 Å². The first-order chi connectivity index (χ1) is 9.65. The van der Waals surface area contributed by atoms with Crippen molar-refractivity contribution in [1.29, 1.82) is 0 Å². The minimum absolute atomic E-state index is 0.421. The highest BCUT2D eigenvalue weighted by Crippen LogP contribution is 2.27. The van der Waals surface area contributed by atoms with E-state index in [1.807, 2.05) is 24.3 Å². The van der Waals surface area contributed by atoms with Crippen LogP contribution < -0.4 is 5.32 Å². The van der Waals surface area contributed by atoms with Gasteiger partial charge >= 0.3 is 0 Å². The van der Waals surface area contributed by atoms with Crippen LogP contribution in [0.1, 0.15) is 15.9 Å². The van der Waals surface area contributed by atoms with Crippen molar-refractivity contribution >= 4 is 34.6 Å². The van der Waals surface area contributed by atoms with Crippen molar-refractivity contribution in [3.63, 3.8) is 0 Å². The lowest BCUT2D eigenvalue weighted by atomic mass is 9.93. The van der Waals surface area contributed by atoms with Crippen LogP contribution in [0, 0.1) is 0 Å². The third kappa shape index (κ3) is 2.24. The number of anilines is 1. The number of benzene rings is 2. The Bertz CT molecular complexity index is 750. The van der Waals surface area contributed by atoms with Crippen molar-refractivity contribution in [2.45, 2.75) is 0 Å². The van der Waals surface area contributed by atoms with E-state index in [2.05, 4.69) is 5.32 Å². The van der Waals surface area contributed by atoms with Crippen LogP contribution in [0.3, 0.4) is 0 Å². The van der Waals surface area contributed by atoms with Gasteiger partial charge in [-0.1, -0.05) is 41.9 Å². The standard InChI is InChI=1S/C16H10ClNO2/c17-10-4-3-5-11(8-10)18-14-9-15(19)16(20)13-7-2-1-6-12(13)14/h1-9,18H. The van der Waals surface area contributed by atoms with Crippen LogP contribution >= 0.6 is 11.6 Å². The molecule has 0 aliphatic heterocycles. The summed E-state index contributed by atoms with van der Waals surface area (Å²) >= 11 is 5.93. The molecule has 1 aliphatic rings. The monoisotopic (exact) mass is 283 g/mol. The molecular formula is C16H10ClNO2. The molecule has 0 radical (unpaired) electrons. The average molecular weight is 284 g/mol. The van der Waals surface area contributed by atoms with Gasteiger partial charge in [-0.3, -0.25) is 9.59 Å². The number of halogens is 1. The Morgan fingerprint density at radius 2 is 1.65 bits per heavy atom. The lowest BCUT2D eigenvalue weighted by Crippen LogP contribution is -2.20. The van der Waals surface area contributed by atoms with Crippen LogP contribution in [0.25, 0.3) is 5.70 Å². The predicted octanol–water partition coefficient (Wildman–Crippen LogP) is 3.56. The molecule has 0 spiro atoms. The second-order valence-corrected chi connectivity index (χ2v) is 4.87. The molecule has 1 aliphatic carbocycles. The summed E-state index contributed by atoms with van der Waals surface area (Å²) in [5.74, 6) is -0.995. The summed E-state index contributed by atoms with van der Waals surface area (Å²) in [5.41, 5.74) is 2.51.